The lowest BCUT2D eigenvalue weighted by Crippen LogP contribution is -2.21. The lowest BCUT2D eigenvalue weighted by molar-refractivity contribution is 0.0952. The molecule has 40 heavy (non-hydrogen) atoms. The van der Waals surface area contributed by atoms with Crippen molar-refractivity contribution in [3.63, 3.8) is 0 Å². The third kappa shape index (κ3) is 7.40. The summed E-state index contributed by atoms with van der Waals surface area (Å²) in [6.07, 6.45) is 9.15. The number of unbranched alkanes of at least 4 members (excludes halogenated alkanes) is 1. The predicted octanol–water partition coefficient (Wildman–Crippen LogP) is 6.15. The highest BCUT2D eigenvalue weighted by molar-refractivity contribution is 7.13. The number of anilines is 1. The van der Waals surface area contributed by atoms with Crippen LogP contribution >= 0.6 is 11.3 Å². The van der Waals surface area contributed by atoms with Gasteiger partial charge < -0.3 is 24.6 Å². The zero-order valence-electron chi connectivity index (χ0n) is 22.8. The van der Waals surface area contributed by atoms with Crippen LogP contribution in [0, 0.1) is 24.5 Å². The lowest BCUT2D eigenvalue weighted by atomic mass is 9.97. The number of nitriles is 1. The number of ether oxygens (including phenoxy) is 2. The highest BCUT2D eigenvalue weighted by Gasteiger charge is 2.38. The largest absolute Gasteiger partial charge is 0.505 e. The van der Waals surface area contributed by atoms with Gasteiger partial charge in [-0.1, -0.05) is 6.08 Å². The van der Waals surface area contributed by atoms with E-state index in [-0.39, 0.29) is 30.4 Å². The summed E-state index contributed by atoms with van der Waals surface area (Å²) in [5, 5.41) is 27.6. The van der Waals surface area contributed by atoms with Crippen molar-refractivity contribution in [3.05, 3.63) is 97.3 Å². The molecule has 1 aliphatic heterocycles. The van der Waals surface area contributed by atoms with E-state index in [9.17, 15) is 10.4 Å². The Morgan fingerprint density at radius 3 is 2.45 bits per heavy atom. The fraction of sp³-hybridized carbons (Fsp3) is 0.323. The van der Waals surface area contributed by atoms with Gasteiger partial charge in [-0.05, 0) is 69.2 Å². The molecule has 206 valence electrons. The first-order valence-electron chi connectivity index (χ1n) is 12.8. The number of hydrogen-bond acceptors (Lipinski definition) is 7. The minimum Gasteiger partial charge on any atom is -0.505 e. The first kappa shape index (κ1) is 30.2. The number of allylic oxidation sites excluding steroid dienone is 1. The van der Waals surface area contributed by atoms with Gasteiger partial charge in [-0.2, -0.15) is 0 Å². The van der Waals surface area contributed by atoms with Gasteiger partial charge in [0.05, 0.1) is 32.4 Å². The number of hydrogen-bond donors (Lipinski definition) is 2. The van der Waals surface area contributed by atoms with Gasteiger partial charge in [0, 0.05) is 52.8 Å². The standard InChI is InChI=1S/C31H32N4O4S/c1-31(2)26(29(34-4)30(39-31)27(21-32)33-3)15-14-25-13-12-24(40-25)11-9-22-8-10-23(35(5)16-18-37)20-28(22)38-19-7-6-17-36/h8-15,20,36-37H,6-7,16-19H2,1-2,5H3/b11-9+,15-14+,30-27+. The van der Waals surface area contributed by atoms with Crippen LogP contribution < -0.4 is 9.64 Å². The molecule has 0 radical (unpaired) electrons. The fourth-order valence-corrected chi connectivity index (χ4v) is 4.84. The Morgan fingerprint density at radius 1 is 1.10 bits per heavy atom. The highest BCUT2D eigenvalue weighted by atomic mass is 32.1. The van der Waals surface area contributed by atoms with Crippen molar-refractivity contribution in [2.24, 2.45) is 0 Å². The summed E-state index contributed by atoms with van der Waals surface area (Å²) in [5.41, 5.74) is 1.59. The summed E-state index contributed by atoms with van der Waals surface area (Å²) < 4.78 is 11.9. The van der Waals surface area contributed by atoms with Gasteiger partial charge in [0.15, 0.2) is 0 Å². The number of nitrogens with zero attached hydrogens (tertiary/aromatic N) is 4. The molecule has 0 unspecified atom stereocenters. The van der Waals surface area contributed by atoms with Crippen LogP contribution in [-0.4, -0.2) is 49.2 Å². The minimum absolute atomic E-state index is 0.0370. The fourth-order valence-electron chi connectivity index (χ4n) is 4.03. The third-order valence-electron chi connectivity index (χ3n) is 6.19. The van der Waals surface area contributed by atoms with Gasteiger partial charge in [-0.3, -0.25) is 0 Å². The smallest absolute Gasteiger partial charge is 0.292 e. The zero-order valence-corrected chi connectivity index (χ0v) is 23.7. The Hall–Kier alpha value is -4.33. The Kier molecular flexibility index (Phi) is 10.7. The second-order valence-electron chi connectivity index (χ2n) is 9.44. The summed E-state index contributed by atoms with van der Waals surface area (Å²) in [5.74, 6) is 0.769. The Labute approximate surface area is 239 Å². The zero-order chi connectivity index (χ0) is 29.1. The topological polar surface area (TPSA) is 94.7 Å². The summed E-state index contributed by atoms with van der Waals surface area (Å²) in [7, 11) is 1.91. The molecule has 8 nitrogen and oxygen atoms in total. The van der Waals surface area contributed by atoms with E-state index in [1.165, 1.54) is 0 Å². The van der Waals surface area contributed by atoms with Gasteiger partial charge in [-0.25, -0.2) is 15.0 Å². The molecule has 0 saturated carbocycles. The molecular formula is C31H32N4O4S. The van der Waals surface area contributed by atoms with E-state index >= 15 is 0 Å². The average molecular weight is 557 g/mol. The molecule has 0 aliphatic carbocycles. The Morgan fingerprint density at radius 2 is 1.82 bits per heavy atom. The highest BCUT2D eigenvalue weighted by Crippen LogP contribution is 2.41. The molecule has 2 N–H and O–H groups in total. The van der Waals surface area contributed by atoms with Crippen LogP contribution in [0.2, 0.25) is 0 Å². The van der Waals surface area contributed by atoms with Crippen LogP contribution in [0.5, 0.6) is 5.75 Å². The molecular weight excluding hydrogens is 524 g/mol. The molecule has 0 amide bonds. The van der Waals surface area contributed by atoms with Crippen LogP contribution in [0.4, 0.5) is 5.69 Å². The van der Waals surface area contributed by atoms with Crippen molar-refractivity contribution >= 4 is 35.3 Å². The Bertz CT molecular complexity index is 1450. The average Bonchev–Trinajstić information content (AvgIpc) is 3.50. The first-order chi connectivity index (χ1) is 19.3. The second-order valence-corrected chi connectivity index (χ2v) is 10.6. The number of aliphatic hydroxyl groups is 2. The monoisotopic (exact) mass is 556 g/mol. The summed E-state index contributed by atoms with van der Waals surface area (Å²) >= 11 is 1.57. The molecule has 2 heterocycles. The maximum atomic E-state index is 9.28. The molecule has 0 atom stereocenters. The third-order valence-corrected chi connectivity index (χ3v) is 7.21. The van der Waals surface area contributed by atoms with Crippen LogP contribution in [0.15, 0.2) is 59.1 Å². The van der Waals surface area contributed by atoms with E-state index in [4.69, 9.17) is 27.7 Å². The number of thiophene rings is 1. The SMILES string of the molecule is [C-]#[N+]C1=C(/C=C/c2ccc(/C=C/c3ccc(N(C)CCO)cc3OCCCCO)s2)C(C)(C)O/C1=C(\C#N)[N+]#[C-]. The van der Waals surface area contributed by atoms with E-state index < -0.39 is 5.60 Å². The van der Waals surface area contributed by atoms with Gasteiger partial charge in [0.25, 0.3) is 5.70 Å². The van der Waals surface area contributed by atoms with Gasteiger partial charge in [-0.15, -0.1) is 11.3 Å². The van der Waals surface area contributed by atoms with Crippen LogP contribution in [0.1, 0.15) is 42.0 Å². The summed E-state index contributed by atoms with van der Waals surface area (Å²) in [6, 6.07) is 11.7. The maximum absolute atomic E-state index is 9.28. The minimum atomic E-state index is -0.844. The Balaban J connectivity index is 1.84. The second kappa shape index (κ2) is 14.2. The maximum Gasteiger partial charge on any atom is 0.292 e. The first-order valence-corrected chi connectivity index (χ1v) is 13.6. The molecule has 0 fully saturated rings. The van der Waals surface area contributed by atoms with Crippen molar-refractivity contribution in [1.29, 1.82) is 5.26 Å². The van der Waals surface area contributed by atoms with E-state index in [1.807, 2.05) is 86.5 Å². The van der Waals surface area contributed by atoms with Crippen LogP contribution in [0.25, 0.3) is 27.9 Å². The molecule has 0 spiro atoms. The van der Waals surface area contributed by atoms with E-state index in [0.29, 0.717) is 25.1 Å². The molecule has 3 rings (SSSR count). The van der Waals surface area contributed by atoms with Crippen LogP contribution in [0.3, 0.4) is 0 Å². The molecule has 1 aromatic carbocycles. The van der Waals surface area contributed by atoms with Crippen molar-refractivity contribution in [2.75, 3.05) is 38.3 Å². The van der Waals surface area contributed by atoms with E-state index in [2.05, 4.69) is 9.69 Å². The molecule has 0 bridgehead atoms. The molecule has 1 aromatic heterocycles. The molecule has 9 heteroatoms. The molecule has 2 aromatic rings. The summed E-state index contributed by atoms with van der Waals surface area (Å²) in [4.78, 5) is 10.7. The van der Waals surface area contributed by atoms with Crippen molar-refractivity contribution < 1.29 is 19.7 Å². The number of rotatable bonds is 12. The predicted molar refractivity (Wildman–Crippen MR) is 159 cm³/mol. The molecule has 0 saturated heterocycles. The number of benzene rings is 1. The van der Waals surface area contributed by atoms with Crippen molar-refractivity contribution in [3.8, 4) is 11.8 Å². The van der Waals surface area contributed by atoms with Gasteiger partial charge in [0.2, 0.25) is 5.70 Å². The normalized spacial score (nSPS) is 15.6. The number of likely N-dealkylation sites (N-methyl/N-ethyl adjacent to an activating group) is 1. The van der Waals surface area contributed by atoms with Gasteiger partial charge in [0.1, 0.15) is 17.1 Å². The summed E-state index contributed by atoms with van der Waals surface area (Å²) in [6.45, 7) is 19.6. The van der Waals surface area contributed by atoms with E-state index in [1.54, 1.807) is 11.3 Å². The van der Waals surface area contributed by atoms with Crippen molar-refractivity contribution in [2.45, 2.75) is 32.3 Å². The molecule has 1 aliphatic rings. The lowest BCUT2D eigenvalue weighted by Gasteiger charge is -2.21. The van der Waals surface area contributed by atoms with Gasteiger partial charge >= 0.3 is 0 Å². The van der Waals surface area contributed by atoms with Crippen molar-refractivity contribution in [1.82, 2.24) is 0 Å². The quantitative estimate of drug-likeness (QED) is 0.185. The number of aliphatic hydroxyl groups excluding tert-OH is 2. The van der Waals surface area contributed by atoms with E-state index in [0.717, 1.165) is 33.2 Å². The van der Waals surface area contributed by atoms with Crippen LogP contribution in [-0.2, 0) is 4.74 Å².